The van der Waals surface area contributed by atoms with Crippen LogP contribution in [0.5, 0.6) is 0 Å². The second-order valence-corrected chi connectivity index (χ2v) is 6.33. The van der Waals surface area contributed by atoms with Crippen LogP contribution in [0, 0.1) is 18.8 Å². The fourth-order valence-electron chi connectivity index (χ4n) is 2.61. The first-order valence-electron chi connectivity index (χ1n) is 6.78. The predicted octanol–water partition coefficient (Wildman–Crippen LogP) is 2.59. The zero-order valence-electron chi connectivity index (χ0n) is 11.2. The molecule has 0 bridgehead atoms. The smallest absolute Gasteiger partial charge is 0.139 e. The van der Waals surface area contributed by atoms with Crippen LogP contribution in [0.1, 0.15) is 36.9 Å². The van der Waals surface area contributed by atoms with Crippen LogP contribution in [0.25, 0.3) is 0 Å². The van der Waals surface area contributed by atoms with E-state index in [-0.39, 0.29) is 0 Å². The number of nitrogens with zero attached hydrogens (tertiary/aromatic N) is 1. The van der Waals surface area contributed by atoms with Crippen LogP contribution in [0.4, 0.5) is 0 Å². The first kappa shape index (κ1) is 13.7. The van der Waals surface area contributed by atoms with Crippen molar-refractivity contribution in [2.45, 2.75) is 39.5 Å². The lowest BCUT2D eigenvalue weighted by Gasteiger charge is -2.27. The highest BCUT2D eigenvalue weighted by Gasteiger charge is 2.22. The molecule has 3 nitrogen and oxygen atoms in total. The number of rotatable bonds is 5. The largest absolute Gasteiger partial charge is 0.316 e. The third-order valence-electron chi connectivity index (χ3n) is 3.70. The molecule has 2 rings (SSSR count). The van der Waals surface area contributed by atoms with Crippen LogP contribution in [0.15, 0.2) is 5.38 Å². The Morgan fingerprint density at radius 2 is 2.50 bits per heavy atom. The molecule has 1 aromatic rings. The Bertz CT molecular complexity index is 396. The van der Waals surface area contributed by atoms with E-state index in [1.165, 1.54) is 12.8 Å². The molecule has 1 fully saturated rings. The highest BCUT2D eigenvalue weighted by Crippen LogP contribution is 2.23. The minimum Gasteiger partial charge on any atom is -0.316 e. The van der Waals surface area contributed by atoms with Gasteiger partial charge in [-0.25, -0.2) is 4.98 Å². The molecule has 2 heterocycles. The van der Waals surface area contributed by atoms with E-state index in [9.17, 15) is 4.79 Å². The number of hydrogen-bond acceptors (Lipinski definition) is 4. The van der Waals surface area contributed by atoms with Crippen molar-refractivity contribution in [2.24, 2.45) is 11.8 Å². The molecular formula is C14H22N2OS. The molecule has 2 atom stereocenters. The molecule has 1 N–H and O–H groups in total. The molecular weight excluding hydrogens is 244 g/mol. The molecule has 0 saturated carbocycles. The van der Waals surface area contributed by atoms with Crippen LogP contribution in [-0.2, 0) is 11.2 Å². The number of aryl methyl sites for hydroxylation is 1. The molecule has 18 heavy (non-hydrogen) atoms. The van der Waals surface area contributed by atoms with Crippen LogP contribution in [0.3, 0.4) is 0 Å². The predicted molar refractivity (Wildman–Crippen MR) is 74.9 cm³/mol. The van der Waals surface area contributed by atoms with Crippen LogP contribution in [-0.4, -0.2) is 23.9 Å². The van der Waals surface area contributed by atoms with Gasteiger partial charge in [-0.15, -0.1) is 11.3 Å². The van der Waals surface area contributed by atoms with Gasteiger partial charge >= 0.3 is 0 Å². The molecule has 0 amide bonds. The maximum absolute atomic E-state index is 12.0. The second-order valence-electron chi connectivity index (χ2n) is 5.39. The average Bonchev–Trinajstić information content (AvgIpc) is 2.75. The number of piperidine rings is 1. The van der Waals surface area contributed by atoms with Crippen molar-refractivity contribution < 1.29 is 4.79 Å². The van der Waals surface area contributed by atoms with Crippen molar-refractivity contribution in [3.05, 3.63) is 16.1 Å². The van der Waals surface area contributed by atoms with Gasteiger partial charge in [0.15, 0.2) is 0 Å². The lowest BCUT2D eigenvalue weighted by atomic mass is 9.84. The first-order chi connectivity index (χ1) is 8.65. The van der Waals surface area contributed by atoms with Crippen LogP contribution >= 0.6 is 11.3 Å². The van der Waals surface area contributed by atoms with E-state index < -0.39 is 0 Å². The van der Waals surface area contributed by atoms with E-state index in [0.29, 0.717) is 30.5 Å². The first-order valence-corrected chi connectivity index (χ1v) is 7.66. The Morgan fingerprint density at radius 1 is 1.67 bits per heavy atom. The Morgan fingerprint density at radius 3 is 3.11 bits per heavy atom. The second kappa shape index (κ2) is 6.43. The maximum Gasteiger partial charge on any atom is 0.139 e. The Kier molecular flexibility index (Phi) is 4.89. The Labute approximate surface area is 113 Å². The van der Waals surface area contributed by atoms with E-state index >= 15 is 0 Å². The van der Waals surface area contributed by atoms with Gasteiger partial charge in [-0.2, -0.15) is 0 Å². The minimum absolute atomic E-state index is 0.336. The van der Waals surface area contributed by atoms with Gasteiger partial charge in [-0.3, -0.25) is 4.79 Å². The monoisotopic (exact) mass is 266 g/mol. The van der Waals surface area contributed by atoms with Gasteiger partial charge in [0.1, 0.15) is 10.8 Å². The van der Waals surface area contributed by atoms with Gasteiger partial charge < -0.3 is 5.32 Å². The van der Waals surface area contributed by atoms with Gasteiger partial charge in [0.2, 0.25) is 0 Å². The Hall–Kier alpha value is -0.740. The van der Waals surface area contributed by atoms with Crippen LogP contribution in [0.2, 0.25) is 0 Å². The summed E-state index contributed by atoms with van der Waals surface area (Å²) in [5, 5.41) is 6.40. The Balaban J connectivity index is 1.79. The fourth-order valence-corrected chi connectivity index (χ4v) is 3.42. The summed E-state index contributed by atoms with van der Waals surface area (Å²) in [7, 11) is 0. The number of hydrogen-bond donors (Lipinski definition) is 1. The third-order valence-corrected chi connectivity index (χ3v) is 4.67. The minimum atomic E-state index is 0.336. The summed E-state index contributed by atoms with van der Waals surface area (Å²) in [5.74, 6) is 1.49. The number of aromatic nitrogens is 1. The quantitative estimate of drug-likeness (QED) is 0.890. The third kappa shape index (κ3) is 3.89. The van der Waals surface area contributed by atoms with Gasteiger partial charge in [0.05, 0.1) is 6.42 Å². The van der Waals surface area contributed by atoms with E-state index in [1.807, 2.05) is 12.3 Å². The summed E-state index contributed by atoms with van der Waals surface area (Å²) in [4.78, 5) is 16.4. The van der Waals surface area contributed by atoms with Crippen LogP contribution < -0.4 is 5.32 Å². The van der Waals surface area contributed by atoms with Gasteiger partial charge in [-0.05, 0) is 44.7 Å². The molecule has 1 aromatic heterocycles. The average molecular weight is 266 g/mol. The number of ketones is 1. The summed E-state index contributed by atoms with van der Waals surface area (Å²) in [6.45, 7) is 6.39. The molecule has 4 heteroatoms. The number of carbonyl (C=O) groups is 1. The van der Waals surface area contributed by atoms with Crippen molar-refractivity contribution in [3.63, 3.8) is 0 Å². The number of nitrogens with one attached hydrogen (secondary N) is 1. The van der Waals surface area contributed by atoms with Gasteiger partial charge in [-0.1, -0.05) is 6.92 Å². The summed E-state index contributed by atoms with van der Waals surface area (Å²) in [5.41, 5.74) is 1.02. The molecule has 100 valence electrons. The van der Waals surface area contributed by atoms with Gasteiger partial charge in [0.25, 0.3) is 0 Å². The number of thiazole rings is 1. The lowest BCUT2D eigenvalue weighted by molar-refractivity contribution is -0.119. The van der Waals surface area contributed by atoms with E-state index in [2.05, 4.69) is 17.2 Å². The zero-order chi connectivity index (χ0) is 13.0. The molecule has 0 aliphatic carbocycles. The van der Waals surface area contributed by atoms with Crippen molar-refractivity contribution in [1.29, 1.82) is 0 Å². The normalized spacial score (nSPS) is 21.8. The number of Topliss-reactive ketones (excluding diaryl/α,β-unsaturated/α-hetero) is 1. The van der Waals surface area contributed by atoms with E-state index in [1.54, 1.807) is 11.3 Å². The van der Waals surface area contributed by atoms with Gasteiger partial charge in [0, 0.05) is 17.5 Å². The molecule has 2 unspecified atom stereocenters. The van der Waals surface area contributed by atoms with Crippen molar-refractivity contribution in [3.8, 4) is 0 Å². The highest BCUT2D eigenvalue weighted by molar-refractivity contribution is 7.09. The molecule has 0 radical (unpaired) electrons. The molecule has 0 aromatic carbocycles. The molecule has 1 aliphatic heterocycles. The lowest BCUT2D eigenvalue weighted by Crippen LogP contribution is -2.34. The summed E-state index contributed by atoms with van der Waals surface area (Å²) in [6, 6.07) is 0. The summed E-state index contributed by atoms with van der Waals surface area (Å²) < 4.78 is 0. The SMILES string of the molecule is Cc1csc(CC(=O)CC(C)C2CCCNC2)n1. The molecule has 1 aliphatic rings. The topological polar surface area (TPSA) is 42.0 Å². The molecule has 1 saturated heterocycles. The van der Waals surface area contributed by atoms with Crippen molar-refractivity contribution in [1.82, 2.24) is 10.3 Å². The molecule has 0 spiro atoms. The standard InChI is InChI=1S/C14H22N2OS/c1-10(12-4-3-5-15-8-12)6-13(17)7-14-16-11(2)9-18-14/h9-10,12,15H,3-8H2,1-2H3. The number of carbonyl (C=O) groups excluding carboxylic acids is 1. The highest BCUT2D eigenvalue weighted by atomic mass is 32.1. The summed E-state index contributed by atoms with van der Waals surface area (Å²) >= 11 is 1.60. The van der Waals surface area contributed by atoms with Crippen molar-refractivity contribution in [2.75, 3.05) is 13.1 Å². The fraction of sp³-hybridized carbons (Fsp3) is 0.714. The van der Waals surface area contributed by atoms with E-state index in [0.717, 1.165) is 23.8 Å². The maximum atomic E-state index is 12.0. The summed E-state index contributed by atoms with van der Waals surface area (Å²) in [6.07, 6.45) is 3.72. The zero-order valence-corrected chi connectivity index (χ0v) is 12.1. The van der Waals surface area contributed by atoms with Crippen molar-refractivity contribution >= 4 is 17.1 Å². The van der Waals surface area contributed by atoms with E-state index in [4.69, 9.17) is 0 Å².